The Morgan fingerprint density at radius 2 is 2.08 bits per heavy atom. The first-order valence-electron chi connectivity index (χ1n) is 9.45. The first-order valence-corrected chi connectivity index (χ1v) is 11.1. The van der Waals surface area contributed by atoms with E-state index in [1.807, 2.05) is 0 Å². The SMILES string of the molecule is C=CCC[C@@H](O)[C@@H](C)C(=O)N1[C@@H]2CCCC(C2)C(C)(C)CCS1(=O)=O. The predicted octanol–water partition coefficient (Wildman–Crippen LogP) is 3.10. The minimum absolute atomic E-state index is 0.00815. The van der Waals surface area contributed by atoms with Gasteiger partial charge in [0.2, 0.25) is 15.9 Å². The van der Waals surface area contributed by atoms with Crippen LogP contribution in [0.1, 0.15) is 65.7 Å². The van der Waals surface area contributed by atoms with Gasteiger partial charge in [0.15, 0.2) is 0 Å². The van der Waals surface area contributed by atoms with Gasteiger partial charge in [-0.3, -0.25) is 4.79 Å². The summed E-state index contributed by atoms with van der Waals surface area (Å²) in [5.41, 5.74) is -0.0179. The van der Waals surface area contributed by atoms with Gasteiger partial charge in [0.05, 0.1) is 17.8 Å². The molecule has 0 radical (unpaired) electrons. The van der Waals surface area contributed by atoms with Crippen LogP contribution in [-0.4, -0.2) is 41.6 Å². The molecule has 0 aromatic rings. The lowest BCUT2D eigenvalue weighted by Gasteiger charge is -2.46. The summed E-state index contributed by atoms with van der Waals surface area (Å²) in [4.78, 5) is 13.0. The van der Waals surface area contributed by atoms with E-state index in [1.165, 1.54) is 0 Å². The maximum atomic E-state index is 13.0. The summed E-state index contributed by atoms with van der Waals surface area (Å²) in [7, 11) is -3.65. The normalized spacial score (nSPS) is 30.6. The van der Waals surface area contributed by atoms with Crippen LogP contribution in [0, 0.1) is 17.3 Å². The van der Waals surface area contributed by atoms with Crippen molar-refractivity contribution in [3.8, 4) is 0 Å². The van der Waals surface area contributed by atoms with E-state index in [9.17, 15) is 18.3 Å². The maximum Gasteiger partial charge on any atom is 0.241 e. The maximum absolute atomic E-state index is 13.0. The number of hydrogen-bond acceptors (Lipinski definition) is 4. The Kier molecular flexibility index (Phi) is 6.36. The van der Waals surface area contributed by atoms with Crippen LogP contribution < -0.4 is 0 Å². The van der Waals surface area contributed by atoms with Gasteiger partial charge in [-0.2, -0.15) is 0 Å². The molecule has 2 fully saturated rings. The molecule has 2 bridgehead atoms. The molecule has 1 saturated heterocycles. The lowest BCUT2D eigenvalue weighted by atomic mass is 9.68. The van der Waals surface area contributed by atoms with E-state index >= 15 is 0 Å². The monoisotopic (exact) mass is 371 g/mol. The van der Waals surface area contributed by atoms with Gasteiger partial charge in [-0.05, 0) is 49.9 Å². The summed E-state index contributed by atoms with van der Waals surface area (Å²) >= 11 is 0. The molecule has 1 aliphatic heterocycles. The van der Waals surface area contributed by atoms with Crippen LogP contribution in [0.15, 0.2) is 12.7 Å². The molecule has 1 unspecified atom stereocenters. The van der Waals surface area contributed by atoms with Crippen LogP contribution in [-0.2, 0) is 14.8 Å². The van der Waals surface area contributed by atoms with Crippen molar-refractivity contribution < 1.29 is 18.3 Å². The first kappa shape index (κ1) is 20.4. The first-order chi connectivity index (χ1) is 11.6. The Morgan fingerprint density at radius 3 is 2.72 bits per heavy atom. The highest BCUT2D eigenvalue weighted by atomic mass is 32.2. The average Bonchev–Trinajstić information content (AvgIpc) is 2.57. The average molecular weight is 372 g/mol. The molecule has 144 valence electrons. The van der Waals surface area contributed by atoms with E-state index in [0.29, 0.717) is 25.2 Å². The molecule has 1 heterocycles. The molecule has 5 nitrogen and oxygen atoms in total. The standard InChI is InChI=1S/C19H33NO4S/c1-5-6-10-17(21)14(2)18(22)20-16-9-7-8-15(13-16)19(3,4)11-12-25(20,23)24/h5,14-17,21H,1,6-13H2,2-4H3/t14-,15?,16-,17-/m1/s1. The van der Waals surface area contributed by atoms with Crippen LogP contribution in [0.3, 0.4) is 0 Å². The number of carbonyl (C=O) groups excluding carboxylic acids is 1. The fraction of sp³-hybridized carbons (Fsp3) is 0.842. The lowest BCUT2D eigenvalue weighted by Crippen LogP contribution is -2.54. The molecule has 1 amide bonds. The highest BCUT2D eigenvalue weighted by Gasteiger charge is 2.45. The largest absolute Gasteiger partial charge is 0.392 e. The van der Waals surface area contributed by atoms with E-state index < -0.39 is 28.0 Å². The number of hydrogen-bond donors (Lipinski definition) is 1. The number of aliphatic hydroxyl groups is 1. The zero-order chi connectivity index (χ0) is 18.8. The smallest absolute Gasteiger partial charge is 0.241 e. The number of carbonyl (C=O) groups is 1. The van der Waals surface area contributed by atoms with E-state index in [4.69, 9.17) is 0 Å². The summed E-state index contributed by atoms with van der Waals surface area (Å²) in [5, 5.41) is 10.3. The van der Waals surface area contributed by atoms with Gasteiger partial charge in [0, 0.05) is 6.04 Å². The second-order valence-electron chi connectivity index (χ2n) is 8.43. The van der Waals surface area contributed by atoms with Crippen molar-refractivity contribution in [2.24, 2.45) is 17.3 Å². The molecule has 0 spiro atoms. The van der Waals surface area contributed by atoms with Crippen molar-refractivity contribution in [3.05, 3.63) is 12.7 Å². The third-order valence-electron chi connectivity index (χ3n) is 6.24. The van der Waals surface area contributed by atoms with Crippen molar-refractivity contribution in [1.82, 2.24) is 4.31 Å². The van der Waals surface area contributed by atoms with Crippen molar-refractivity contribution in [3.63, 3.8) is 0 Å². The Morgan fingerprint density at radius 1 is 1.40 bits per heavy atom. The number of fused-ring (bicyclic) bond motifs is 2. The van der Waals surface area contributed by atoms with Crippen LogP contribution in [0.5, 0.6) is 0 Å². The summed E-state index contributed by atoms with van der Waals surface area (Å²) < 4.78 is 27.0. The van der Waals surface area contributed by atoms with Gasteiger partial charge in [0.25, 0.3) is 0 Å². The summed E-state index contributed by atoms with van der Waals surface area (Å²) in [5.74, 6) is -0.712. The molecule has 0 aromatic carbocycles. The van der Waals surface area contributed by atoms with Gasteiger partial charge >= 0.3 is 0 Å². The second-order valence-corrected chi connectivity index (χ2v) is 10.4. The lowest BCUT2D eigenvalue weighted by molar-refractivity contribution is -0.136. The molecule has 25 heavy (non-hydrogen) atoms. The fourth-order valence-corrected chi connectivity index (χ4v) is 6.30. The minimum Gasteiger partial charge on any atom is -0.392 e. The van der Waals surface area contributed by atoms with Crippen molar-refractivity contribution in [2.45, 2.75) is 77.9 Å². The molecule has 1 N–H and O–H groups in total. The molecule has 0 aromatic heterocycles. The zero-order valence-electron chi connectivity index (χ0n) is 15.8. The van der Waals surface area contributed by atoms with Crippen molar-refractivity contribution in [2.75, 3.05) is 5.75 Å². The second kappa shape index (κ2) is 7.78. The summed E-state index contributed by atoms with van der Waals surface area (Å²) in [6.07, 6.45) is 5.97. The molecule has 2 rings (SSSR count). The summed E-state index contributed by atoms with van der Waals surface area (Å²) in [6, 6.07) is -0.259. The van der Waals surface area contributed by atoms with Crippen LogP contribution >= 0.6 is 0 Å². The van der Waals surface area contributed by atoms with Gasteiger partial charge in [-0.15, -0.1) is 6.58 Å². The molecule has 2 aliphatic rings. The van der Waals surface area contributed by atoms with E-state index in [0.717, 1.165) is 30.0 Å². The van der Waals surface area contributed by atoms with Crippen LogP contribution in [0.4, 0.5) is 0 Å². The molecule has 1 aliphatic carbocycles. The highest BCUT2D eigenvalue weighted by Crippen LogP contribution is 2.44. The van der Waals surface area contributed by atoms with E-state index in [1.54, 1.807) is 13.0 Å². The fourth-order valence-electron chi connectivity index (χ4n) is 4.23. The van der Waals surface area contributed by atoms with Gasteiger partial charge in [-0.1, -0.05) is 33.3 Å². The summed E-state index contributed by atoms with van der Waals surface area (Å²) in [6.45, 7) is 9.55. The quantitative estimate of drug-likeness (QED) is 0.754. The predicted molar refractivity (Wildman–Crippen MR) is 99.4 cm³/mol. The van der Waals surface area contributed by atoms with E-state index in [2.05, 4.69) is 20.4 Å². The third kappa shape index (κ3) is 4.45. The topological polar surface area (TPSA) is 74.7 Å². The van der Waals surface area contributed by atoms with Gasteiger partial charge < -0.3 is 5.11 Å². The van der Waals surface area contributed by atoms with Crippen molar-refractivity contribution >= 4 is 15.9 Å². The molecule has 1 saturated carbocycles. The minimum atomic E-state index is -3.65. The number of allylic oxidation sites excluding steroid dienone is 1. The Hall–Kier alpha value is -0.880. The number of amides is 1. The Balaban J connectivity index is 2.27. The molecular weight excluding hydrogens is 338 g/mol. The number of nitrogens with zero attached hydrogens (tertiary/aromatic N) is 1. The zero-order valence-corrected chi connectivity index (χ0v) is 16.6. The van der Waals surface area contributed by atoms with E-state index in [-0.39, 0.29) is 17.2 Å². The number of rotatable bonds is 5. The number of sulfonamides is 1. The van der Waals surface area contributed by atoms with Crippen LogP contribution in [0.2, 0.25) is 0 Å². The van der Waals surface area contributed by atoms with Gasteiger partial charge in [-0.25, -0.2) is 12.7 Å². The highest BCUT2D eigenvalue weighted by molar-refractivity contribution is 7.89. The Bertz CT molecular complexity index is 599. The number of aliphatic hydroxyl groups excluding tert-OH is 1. The molecule has 4 atom stereocenters. The van der Waals surface area contributed by atoms with Gasteiger partial charge in [0.1, 0.15) is 0 Å². The van der Waals surface area contributed by atoms with Crippen LogP contribution in [0.25, 0.3) is 0 Å². The third-order valence-corrected chi connectivity index (χ3v) is 8.04. The molecular formula is C19H33NO4S. The van der Waals surface area contributed by atoms with Crippen molar-refractivity contribution in [1.29, 1.82) is 0 Å². The molecule has 6 heteroatoms. The Labute approximate surface area is 152 Å².